The van der Waals surface area contributed by atoms with Gasteiger partial charge in [0.2, 0.25) is 0 Å². The van der Waals surface area contributed by atoms with Crippen LogP contribution in [-0.4, -0.2) is 31.5 Å². The van der Waals surface area contributed by atoms with Gasteiger partial charge in [-0.15, -0.1) is 0 Å². The number of nitrogens with one attached hydrogen (secondary N) is 1. The van der Waals surface area contributed by atoms with Gasteiger partial charge in [-0.3, -0.25) is 0 Å². The molecule has 0 spiro atoms. The van der Waals surface area contributed by atoms with E-state index in [0.29, 0.717) is 18.8 Å². The summed E-state index contributed by atoms with van der Waals surface area (Å²) in [5.74, 6) is -0.561. The van der Waals surface area contributed by atoms with Crippen molar-refractivity contribution >= 4 is 0 Å². The molecule has 0 bridgehead atoms. The lowest BCUT2D eigenvalue weighted by molar-refractivity contribution is -0.182. The van der Waals surface area contributed by atoms with Crippen LogP contribution in [0.1, 0.15) is 39.0 Å². The zero-order chi connectivity index (χ0) is 13.2. The van der Waals surface area contributed by atoms with Gasteiger partial charge in [0.25, 0.3) is 0 Å². The van der Waals surface area contributed by atoms with E-state index >= 15 is 0 Å². The molecule has 5 heteroatoms. The number of ether oxygens (including phenoxy) is 1. The zero-order valence-electron chi connectivity index (χ0n) is 10.8. The molecular weight excluding hydrogens is 243 g/mol. The van der Waals surface area contributed by atoms with Crippen LogP contribution in [0.4, 0.5) is 13.2 Å². The Hall–Kier alpha value is -0.290. The Balaban J connectivity index is 1.67. The van der Waals surface area contributed by atoms with Crippen LogP contribution < -0.4 is 5.32 Å². The largest absolute Gasteiger partial charge is 0.391 e. The van der Waals surface area contributed by atoms with Gasteiger partial charge in [-0.25, -0.2) is 0 Å². The first-order valence-electron chi connectivity index (χ1n) is 6.88. The first-order chi connectivity index (χ1) is 8.47. The average Bonchev–Trinajstić information content (AvgIpc) is 2.72. The maximum absolute atomic E-state index is 12.5. The lowest BCUT2D eigenvalue weighted by Crippen LogP contribution is -2.40. The molecule has 2 nitrogen and oxygen atoms in total. The van der Waals surface area contributed by atoms with Gasteiger partial charge >= 0.3 is 6.18 Å². The Labute approximate surface area is 106 Å². The van der Waals surface area contributed by atoms with Crippen molar-refractivity contribution in [2.24, 2.45) is 11.8 Å². The first-order valence-corrected chi connectivity index (χ1v) is 6.88. The highest BCUT2D eigenvalue weighted by atomic mass is 19.4. The van der Waals surface area contributed by atoms with E-state index < -0.39 is 12.1 Å². The van der Waals surface area contributed by atoms with Crippen molar-refractivity contribution in [3.8, 4) is 0 Å². The SMILES string of the molecule is CC1OCCC1CNC1CCC(C(F)(F)F)CC1. The average molecular weight is 265 g/mol. The van der Waals surface area contributed by atoms with E-state index in [1.807, 2.05) is 0 Å². The van der Waals surface area contributed by atoms with Crippen molar-refractivity contribution in [1.29, 1.82) is 0 Å². The van der Waals surface area contributed by atoms with Gasteiger partial charge in [0, 0.05) is 19.2 Å². The van der Waals surface area contributed by atoms with Crippen molar-refractivity contribution in [1.82, 2.24) is 5.32 Å². The number of hydrogen-bond acceptors (Lipinski definition) is 2. The van der Waals surface area contributed by atoms with Crippen molar-refractivity contribution in [2.45, 2.75) is 57.3 Å². The molecule has 1 saturated heterocycles. The molecule has 1 aliphatic heterocycles. The molecule has 18 heavy (non-hydrogen) atoms. The Kier molecular flexibility index (Phi) is 4.54. The summed E-state index contributed by atoms with van der Waals surface area (Å²) >= 11 is 0. The number of halogens is 3. The minimum absolute atomic E-state index is 0.261. The molecule has 2 fully saturated rings. The highest BCUT2D eigenvalue weighted by Gasteiger charge is 2.41. The Morgan fingerprint density at radius 2 is 1.78 bits per heavy atom. The molecule has 2 aliphatic rings. The summed E-state index contributed by atoms with van der Waals surface area (Å²) in [6.45, 7) is 3.76. The standard InChI is InChI=1S/C13H22F3NO/c1-9-10(6-7-18-9)8-17-12-4-2-11(3-5-12)13(14,15)16/h9-12,17H,2-8H2,1H3. The quantitative estimate of drug-likeness (QED) is 0.846. The minimum Gasteiger partial charge on any atom is -0.378 e. The second-order valence-electron chi connectivity index (χ2n) is 5.62. The van der Waals surface area contributed by atoms with Crippen LogP contribution in [0.15, 0.2) is 0 Å². The topological polar surface area (TPSA) is 21.3 Å². The molecule has 2 atom stereocenters. The maximum Gasteiger partial charge on any atom is 0.391 e. The molecule has 0 radical (unpaired) electrons. The maximum atomic E-state index is 12.5. The number of rotatable bonds is 3. The summed E-state index contributed by atoms with van der Waals surface area (Å²) in [5.41, 5.74) is 0. The molecule has 0 aromatic carbocycles. The van der Waals surface area contributed by atoms with Gasteiger partial charge in [0.1, 0.15) is 0 Å². The lowest BCUT2D eigenvalue weighted by Gasteiger charge is -2.31. The summed E-state index contributed by atoms with van der Waals surface area (Å²) in [5, 5.41) is 3.42. The molecule has 1 aliphatic carbocycles. The van der Waals surface area contributed by atoms with Gasteiger partial charge in [-0.2, -0.15) is 13.2 Å². The van der Waals surface area contributed by atoms with Crippen LogP contribution in [0, 0.1) is 11.8 Å². The van der Waals surface area contributed by atoms with Crippen molar-refractivity contribution in [3.63, 3.8) is 0 Å². The van der Waals surface area contributed by atoms with Crippen LogP contribution in [0.25, 0.3) is 0 Å². The van der Waals surface area contributed by atoms with Crippen molar-refractivity contribution in [3.05, 3.63) is 0 Å². The second-order valence-corrected chi connectivity index (χ2v) is 5.62. The van der Waals surface area contributed by atoms with E-state index in [-0.39, 0.29) is 25.0 Å². The van der Waals surface area contributed by atoms with E-state index in [9.17, 15) is 13.2 Å². The summed E-state index contributed by atoms with van der Waals surface area (Å²) in [6.07, 6.45) is -0.817. The third kappa shape index (κ3) is 3.60. The smallest absolute Gasteiger partial charge is 0.378 e. The molecule has 1 saturated carbocycles. The third-order valence-corrected chi connectivity index (χ3v) is 4.39. The van der Waals surface area contributed by atoms with Crippen LogP contribution in [0.2, 0.25) is 0 Å². The van der Waals surface area contributed by atoms with E-state index in [1.54, 1.807) is 0 Å². The number of alkyl halides is 3. The first kappa shape index (κ1) is 14.1. The molecule has 2 unspecified atom stereocenters. The highest BCUT2D eigenvalue weighted by Crippen LogP contribution is 2.37. The van der Waals surface area contributed by atoms with Crippen LogP contribution in [-0.2, 0) is 4.74 Å². The fourth-order valence-electron chi connectivity index (χ4n) is 2.99. The lowest BCUT2D eigenvalue weighted by atomic mass is 9.85. The molecule has 0 amide bonds. The van der Waals surface area contributed by atoms with Crippen molar-refractivity contribution < 1.29 is 17.9 Å². The predicted octanol–water partition coefficient (Wildman–Crippen LogP) is 3.12. The van der Waals surface area contributed by atoms with E-state index in [1.165, 1.54) is 0 Å². The fraction of sp³-hybridized carbons (Fsp3) is 1.00. The molecule has 0 aromatic heterocycles. The van der Waals surface area contributed by atoms with E-state index in [0.717, 1.165) is 19.6 Å². The monoisotopic (exact) mass is 265 g/mol. The van der Waals surface area contributed by atoms with Gasteiger partial charge < -0.3 is 10.1 Å². The molecule has 2 rings (SSSR count). The fourth-order valence-corrected chi connectivity index (χ4v) is 2.99. The van der Waals surface area contributed by atoms with Gasteiger partial charge in [-0.1, -0.05) is 0 Å². The molecule has 1 N–H and O–H groups in total. The Morgan fingerprint density at radius 3 is 2.28 bits per heavy atom. The highest BCUT2D eigenvalue weighted by molar-refractivity contribution is 4.83. The van der Waals surface area contributed by atoms with Crippen LogP contribution in [0.3, 0.4) is 0 Å². The minimum atomic E-state index is -4.00. The van der Waals surface area contributed by atoms with Crippen LogP contribution in [0.5, 0.6) is 0 Å². The summed E-state index contributed by atoms with van der Waals surface area (Å²) in [7, 11) is 0. The van der Waals surface area contributed by atoms with E-state index in [2.05, 4.69) is 12.2 Å². The Bertz CT molecular complexity index is 261. The third-order valence-electron chi connectivity index (χ3n) is 4.39. The summed E-state index contributed by atoms with van der Waals surface area (Å²) < 4.78 is 43.0. The molecular formula is C13H22F3NO. The van der Waals surface area contributed by atoms with Gasteiger partial charge in [0.05, 0.1) is 12.0 Å². The van der Waals surface area contributed by atoms with Crippen molar-refractivity contribution in [2.75, 3.05) is 13.2 Å². The Morgan fingerprint density at radius 1 is 1.11 bits per heavy atom. The molecule has 0 aromatic rings. The van der Waals surface area contributed by atoms with Gasteiger partial charge in [-0.05, 0) is 44.9 Å². The van der Waals surface area contributed by atoms with Crippen LogP contribution >= 0.6 is 0 Å². The molecule has 1 heterocycles. The summed E-state index contributed by atoms with van der Waals surface area (Å²) in [4.78, 5) is 0. The molecule has 106 valence electrons. The van der Waals surface area contributed by atoms with Gasteiger partial charge in [0.15, 0.2) is 0 Å². The predicted molar refractivity (Wildman–Crippen MR) is 63.3 cm³/mol. The summed E-state index contributed by atoms with van der Waals surface area (Å²) in [6, 6.07) is 0.261. The van der Waals surface area contributed by atoms with E-state index in [4.69, 9.17) is 4.74 Å². The normalized spacial score (nSPS) is 38.0. The second kappa shape index (κ2) is 5.78. The number of hydrogen-bond donors (Lipinski definition) is 1. The zero-order valence-corrected chi connectivity index (χ0v) is 10.8.